The summed E-state index contributed by atoms with van der Waals surface area (Å²) in [7, 11) is 0. The van der Waals surface area contributed by atoms with Crippen LogP contribution in [0.2, 0.25) is 5.02 Å². The van der Waals surface area contributed by atoms with Crippen molar-refractivity contribution in [3.63, 3.8) is 0 Å². The highest BCUT2D eigenvalue weighted by Gasteiger charge is 2.12. The molecule has 5 heteroatoms. The van der Waals surface area contributed by atoms with E-state index in [4.69, 9.17) is 11.6 Å². The van der Waals surface area contributed by atoms with Gasteiger partial charge in [-0.25, -0.2) is 4.79 Å². The number of benzene rings is 1. The summed E-state index contributed by atoms with van der Waals surface area (Å²) >= 11 is 7.73. The number of thiophene rings is 1. The summed E-state index contributed by atoms with van der Waals surface area (Å²) < 4.78 is 0. The summed E-state index contributed by atoms with van der Waals surface area (Å²) in [6.07, 6.45) is 0. The maximum atomic E-state index is 12.2. The summed E-state index contributed by atoms with van der Waals surface area (Å²) in [5.41, 5.74) is 0.926. The third kappa shape index (κ3) is 3.99. The third-order valence-electron chi connectivity index (χ3n) is 2.98. The number of carbonyl (C=O) groups is 1. The molecular formula is C15H17ClN2OS. The van der Waals surface area contributed by atoms with Crippen molar-refractivity contribution < 1.29 is 4.79 Å². The standard InChI is InChI=1S/C15H17ClN2OS/c1-2-18(11-13-7-5-9-20-13)15(19)17-10-12-6-3-4-8-14(12)16/h3-9H,2,10-11H2,1H3,(H,17,19). The van der Waals surface area contributed by atoms with Crippen LogP contribution in [0.5, 0.6) is 0 Å². The van der Waals surface area contributed by atoms with Gasteiger partial charge in [0, 0.05) is 23.0 Å². The number of urea groups is 1. The molecule has 1 aromatic heterocycles. The highest BCUT2D eigenvalue weighted by atomic mass is 35.5. The molecule has 3 nitrogen and oxygen atoms in total. The largest absolute Gasteiger partial charge is 0.334 e. The molecule has 1 heterocycles. The van der Waals surface area contributed by atoms with Crippen LogP contribution in [0.15, 0.2) is 41.8 Å². The van der Waals surface area contributed by atoms with Gasteiger partial charge in [-0.3, -0.25) is 0 Å². The zero-order chi connectivity index (χ0) is 14.4. The van der Waals surface area contributed by atoms with Crippen molar-refractivity contribution in [2.24, 2.45) is 0 Å². The highest BCUT2D eigenvalue weighted by molar-refractivity contribution is 7.09. The van der Waals surface area contributed by atoms with Crippen LogP contribution in [0.1, 0.15) is 17.4 Å². The summed E-state index contributed by atoms with van der Waals surface area (Å²) in [6, 6.07) is 11.5. The molecule has 0 aliphatic heterocycles. The fraction of sp³-hybridized carbons (Fsp3) is 0.267. The number of amides is 2. The van der Waals surface area contributed by atoms with Gasteiger partial charge in [-0.05, 0) is 30.0 Å². The number of hydrogen-bond donors (Lipinski definition) is 1. The van der Waals surface area contributed by atoms with Crippen LogP contribution in [0.3, 0.4) is 0 Å². The average Bonchev–Trinajstić information content (AvgIpc) is 2.96. The van der Waals surface area contributed by atoms with E-state index in [0.29, 0.717) is 24.7 Å². The first kappa shape index (κ1) is 14.9. The minimum absolute atomic E-state index is 0.0687. The van der Waals surface area contributed by atoms with Crippen molar-refractivity contribution in [1.29, 1.82) is 0 Å². The van der Waals surface area contributed by atoms with Crippen molar-refractivity contribution in [3.8, 4) is 0 Å². The molecule has 0 aliphatic carbocycles. The van der Waals surface area contributed by atoms with Gasteiger partial charge < -0.3 is 10.2 Å². The molecule has 0 fully saturated rings. The Labute approximate surface area is 128 Å². The molecule has 1 aromatic carbocycles. The molecule has 2 rings (SSSR count). The Balaban J connectivity index is 1.91. The van der Waals surface area contributed by atoms with Gasteiger partial charge >= 0.3 is 6.03 Å². The normalized spacial score (nSPS) is 10.3. The summed E-state index contributed by atoms with van der Waals surface area (Å²) in [6.45, 7) is 3.73. The molecule has 0 radical (unpaired) electrons. The fourth-order valence-corrected chi connectivity index (χ4v) is 2.76. The zero-order valence-corrected chi connectivity index (χ0v) is 12.9. The van der Waals surface area contributed by atoms with Gasteiger partial charge in [0.25, 0.3) is 0 Å². The maximum absolute atomic E-state index is 12.2. The number of carbonyl (C=O) groups excluding carboxylic acids is 1. The van der Waals surface area contributed by atoms with Crippen molar-refractivity contribution in [1.82, 2.24) is 10.2 Å². The van der Waals surface area contributed by atoms with E-state index >= 15 is 0 Å². The van der Waals surface area contributed by atoms with Crippen LogP contribution >= 0.6 is 22.9 Å². The van der Waals surface area contributed by atoms with Crippen molar-refractivity contribution in [2.75, 3.05) is 6.54 Å². The number of halogens is 1. The second kappa shape index (κ2) is 7.31. The summed E-state index contributed by atoms with van der Waals surface area (Å²) in [5, 5.41) is 5.60. The van der Waals surface area contributed by atoms with E-state index in [2.05, 4.69) is 5.32 Å². The Kier molecular flexibility index (Phi) is 5.44. The summed E-state index contributed by atoms with van der Waals surface area (Å²) in [5.74, 6) is 0. The second-order valence-corrected chi connectivity index (χ2v) is 5.78. The number of nitrogens with one attached hydrogen (secondary N) is 1. The third-order valence-corrected chi connectivity index (χ3v) is 4.21. The van der Waals surface area contributed by atoms with E-state index in [1.807, 2.05) is 48.7 Å². The maximum Gasteiger partial charge on any atom is 0.317 e. The minimum atomic E-state index is -0.0687. The predicted octanol–water partition coefficient (Wildman–Crippen LogP) is 4.13. The lowest BCUT2D eigenvalue weighted by Gasteiger charge is -2.20. The second-order valence-electron chi connectivity index (χ2n) is 4.34. The first-order valence-electron chi connectivity index (χ1n) is 6.49. The molecule has 2 aromatic rings. The molecule has 0 atom stereocenters. The molecule has 0 aliphatic rings. The van der Waals surface area contributed by atoms with Crippen LogP contribution in [0, 0.1) is 0 Å². The van der Waals surface area contributed by atoms with Crippen molar-refractivity contribution in [3.05, 3.63) is 57.2 Å². The Morgan fingerprint density at radius 2 is 2.10 bits per heavy atom. The minimum Gasteiger partial charge on any atom is -0.334 e. The first-order valence-corrected chi connectivity index (χ1v) is 7.75. The molecule has 0 saturated heterocycles. The molecule has 1 N–H and O–H groups in total. The number of nitrogens with zero attached hydrogens (tertiary/aromatic N) is 1. The fourth-order valence-electron chi connectivity index (χ4n) is 1.84. The lowest BCUT2D eigenvalue weighted by molar-refractivity contribution is 0.198. The zero-order valence-electron chi connectivity index (χ0n) is 11.3. The Morgan fingerprint density at radius 3 is 2.75 bits per heavy atom. The van der Waals surface area contributed by atoms with Gasteiger partial charge in [0.1, 0.15) is 0 Å². The van der Waals surface area contributed by atoms with Gasteiger partial charge in [0.05, 0.1) is 6.54 Å². The van der Waals surface area contributed by atoms with E-state index in [-0.39, 0.29) is 6.03 Å². The molecule has 0 saturated carbocycles. The van der Waals surface area contributed by atoms with Crippen molar-refractivity contribution in [2.45, 2.75) is 20.0 Å². The number of rotatable bonds is 5. The monoisotopic (exact) mass is 308 g/mol. The van der Waals surface area contributed by atoms with Gasteiger partial charge in [-0.2, -0.15) is 0 Å². The first-order chi connectivity index (χ1) is 9.70. The van der Waals surface area contributed by atoms with E-state index in [9.17, 15) is 4.79 Å². The van der Waals surface area contributed by atoms with Crippen LogP contribution in [0.4, 0.5) is 4.79 Å². The Hall–Kier alpha value is -1.52. The van der Waals surface area contributed by atoms with Gasteiger partial charge in [0.15, 0.2) is 0 Å². The lowest BCUT2D eigenvalue weighted by Crippen LogP contribution is -2.38. The van der Waals surface area contributed by atoms with E-state index in [1.54, 1.807) is 16.2 Å². The summed E-state index contributed by atoms with van der Waals surface area (Å²) in [4.78, 5) is 15.1. The number of hydrogen-bond acceptors (Lipinski definition) is 2. The molecule has 2 amide bonds. The van der Waals surface area contributed by atoms with Crippen LogP contribution in [0.25, 0.3) is 0 Å². The molecule has 106 valence electrons. The van der Waals surface area contributed by atoms with E-state index in [1.165, 1.54) is 4.88 Å². The van der Waals surface area contributed by atoms with Crippen molar-refractivity contribution >= 4 is 29.0 Å². The van der Waals surface area contributed by atoms with Crippen LogP contribution in [-0.4, -0.2) is 17.5 Å². The van der Waals surface area contributed by atoms with E-state index in [0.717, 1.165) is 5.56 Å². The molecule has 20 heavy (non-hydrogen) atoms. The quantitative estimate of drug-likeness (QED) is 0.885. The molecule has 0 bridgehead atoms. The SMILES string of the molecule is CCN(Cc1cccs1)C(=O)NCc1ccccc1Cl. The Bertz CT molecular complexity index is 557. The van der Waals surface area contributed by atoms with Crippen LogP contribution < -0.4 is 5.32 Å². The van der Waals surface area contributed by atoms with Gasteiger partial charge in [-0.15, -0.1) is 11.3 Å². The lowest BCUT2D eigenvalue weighted by atomic mass is 10.2. The molecule has 0 unspecified atom stereocenters. The predicted molar refractivity (Wildman–Crippen MR) is 84.1 cm³/mol. The van der Waals surface area contributed by atoms with Gasteiger partial charge in [-0.1, -0.05) is 35.9 Å². The molecular weight excluding hydrogens is 292 g/mol. The molecule has 0 spiro atoms. The smallest absolute Gasteiger partial charge is 0.317 e. The average molecular weight is 309 g/mol. The Morgan fingerprint density at radius 1 is 1.30 bits per heavy atom. The highest BCUT2D eigenvalue weighted by Crippen LogP contribution is 2.15. The van der Waals surface area contributed by atoms with Gasteiger partial charge in [0.2, 0.25) is 0 Å². The topological polar surface area (TPSA) is 32.3 Å². The van der Waals surface area contributed by atoms with E-state index < -0.39 is 0 Å². The van der Waals surface area contributed by atoms with Crippen LogP contribution in [-0.2, 0) is 13.1 Å².